The highest BCUT2D eigenvalue weighted by atomic mass is 19.1. The Morgan fingerprint density at radius 3 is 2.27 bits per heavy atom. The molecule has 5 heteroatoms. The second-order valence-corrected chi connectivity index (χ2v) is 6.81. The van der Waals surface area contributed by atoms with E-state index in [0.717, 1.165) is 50.3 Å². The van der Waals surface area contributed by atoms with Crippen LogP contribution in [-0.4, -0.2) is 30.1 Å². The van der Waals surface area contributed by atoms with E-state index >= 15 is 0 Å². The first-order valence-corrected chi connectivity index (χ1v) is 9.03. The molecular weight excluding hydrogens is 331 g/mol. The van der Waals surface area contributed by atoms with Crippen molar-refractivity contribution in [2.45, 2.75) is 39.0 Å². The molecule has 1 heterocycles. The summed E-state index contributed by atoms with van der Waals surface area (Å²) >= 11 is 0. The van der Waals surface area contributed by atoms with Crippen LogP contribution in [0.5, 0.6) is 0 Å². The van der Waals surface area contributed by atoms with Crippen LogP contribution in [-0.2, 0) is 22.6 Å². The first kappa shape index (κ1) is 18.5. The van der Waals surface area contributed by atoms with Crippen molar-refractivity contribution in [1.82, 2.24) is 4.90 Å². The minimum atomic E-state index is -0.215. The number of anilines is 1. The van der Waals surface area contributed by atoms with Crippen molar-refractivity contribution >= 4 is 11.6 Å². The third-order valence-corrected chi connectivity index (χ3v) is 4.49. The van der Waals surface area contributed by atoms with E-state index in [1.54, 1.807) is 0 Å². The number of carbonyl (C=O) groups excluding carboxylic acids is 1. The van der Waals surface area contributed by atoms with E-state index in [1.165, 1.54) is 24.6 Å². The maximum absolute atomic E-state index is 13.2. The molecule has 0 aliphatic carbocycles. The number of benzene rings is 2. The molecule has 1 amide bonds. The molecule has 0 aromatic heterocycles. The monoisotopic (exact) mass is 356 g/mol. The van der Waals surface area contributed by atoms with Crippen LogP contribution in [0.15, 0.2) is 48.5 Å². The van der Waals surface area contributed by atoms with E-state index in [2.05, 4.69) is 10.2 Å². The zero-order valence-corrected chi connectivity index (χ0v) is 15.1. The van der Waals surface area contributed by atoms with Crippen LogP contribution < -0.4 is 5.32 Å². The molecular formula is C21H25FN2O2. The standard InChI is InChI=1S/C21H25FN2O2/c1-16(25)23-20-10-6-18(7-11-20)14-24(15-21-3-2-12-26-21)13-17-4-8-19(22)9-5-17/h4-11,21H,2-3,12-15H2,1H3,(H,23,25)/t21-/m1/s1. The Morgan fingerprint density at radius 2 is 1.73 bits per heavy atom. The normalized spacial score (nSPS) is 16.8. The Balaban J connectivity index is 1.67. The number of rotatable bonds is 7. The van der Waals surface area contributed by atoms with E-state index in [-0.39, 0.29) is 17.8 Å². The summed E-state index contributed by atoms with van der Waals surface area (Å²) in [5.41, 5.74) is 3.05. The fourth-order valence-corrected chi connectivity index (χ4v) is 3.26. The minimum Gasteiger partial charge on any atom is -0.377 e. The fourth-order valence-electron chi connectivity index (χ4n) is 3.26. The Labute approximate surface area is 154 Å². The van der Waals surface area contributed by atoms with Crippen LogP contribution in [0.1, 0.15) is 30.9 Å². The largest absolute Gasteiger partial charge is 0.377 e. The lowest BCUT2D eigenvalue weighted by molar-refractivity contribution is -0.114. The molecule has 2 aromatic rings. The predicted octanol–water partition coefficient (Wildman–Crippen LogP) is 3.97. The van der Waals surface area contributed by atoms with Crippen LogP contribution in [0, 0.1) is 5.82 Å². The first-order chi connectivity index (χ1) is 12.6. The number of hydrogen-bond donors (Lipinski definition) is 1. The summed E-state index contributed by atoms with van der Waals surface area (Å²) in [6, 6.07) is 14.5. The van der Waals surface area contributed by atoms with E-state index in [9.17, 15) is 9.18 Å². The molecule has 2 aromatic carbocycles. The van der Waals surface area contributed by atoms with Gasteiger partial charge in [0.2, 0.25) is 5.91 Å². The summed E-state index contributed by atoms with van der Waals surface area (Å²) in [5, 5.41) is 2.78. The zero-order chi connectivity index (χ0) is 18.4. The lowest BCUT2D eigenvalue weighted by Crippen LogP contribution is -2.31. The molecule has 3 rings (SSSR count). The topological polar surface area (TPSA) is 41.6 Å². The highest BCUT2D eigenvalue weighted by Gasteiger charge is 2.19. The summed E-state index contributed by atoms with van der Waals surface area (Å²) in [5.74, 6) is -0.290. The zero-order valence-electron chi connectivity index (χ0n) is 15.1. The molecule has 0 spiro atoms. The van der Waals surface area contributed by atoms with Crippen molar-refractivity contribution in [2.75, 3.05) is 18.5 Å². The van der Waals surface area contributed by atoms with E-state index in [1.807, 2.05) is 36.4 Å². The van der Waals surface area contributed by atoms with Crippen molar-refractivity contribution in [1.29, 1.82) is 0 Å². The molecule has 1 fully saturated rings. The van der Waals surface area contributed by atoms with Gasteiger partial charge < -0.3 is 10.1 Å². The van der Waals surface area contributed by atoms with Gasteiger partial charge in [-0.05, 0) is 48.2 Å². The molecule has 0 bridgehead atoms. The van der Waals surface area contributed by atoms with Gasteiger partial charge in [0.1, 0.15) is 5.82 Å². The van der Waals surface area contributed by atoms with Gasteiger partial charge in [-0.2, -0.15) is 0 Å². The van der Waals surface area contributed by atoms with Crippen LogP contribution in [0.25, 0.3) is 0 Å². The molecule has 138 valence electrons. The molecule has 4 nitrogen and oxygen atoms in total. The smallest absolute Gasteiger partial charge is 0.221 e. The van der Waals surface area contributed by atoms with Crippen molar-refractivity contribution in [3.05, 3.63) is 65.5 Å². The maximum Gasteiger partial charge on any atom is 0.221 e. The van der Waals surface area contributed by atoms with Crippen molar-refractivity contribution in [3.63, 3.8) is 0 Å². The molecule has 1 aliphatic heterocycles. The molecule has 0 unspecified atom stereocenters. The third kappa shape index (κ3) is 5.64. The van der Waals surface area contributed by atoms with E-state index in [4.69, 9.17) is 4.74 Å². The first-order valence-electron chi connectivity index (χ1n) is 9.03. The number of carbonyl (C=O) groups is 1. The molecule has 1 aliphatic rings. The highest BCUT2D eigenvalue weighted by Crippen LogP contribution is 2.18. The van der Waals surface area contributed by atoms with Crippen LogP contribution in [0.4, 0.5) is 10.1 Å². The van der Waals surface area contributed by atoms with E-state index in [0.29, 0.717) is 0 Å². The predicted molar refractivity (Wildman–Crippen MR) is 100 cm³/mol. The Morgan fingerprint density at radius 1 is 1.12 bits per heavy atom. The lowest BCUT2D eigenvalue weighted by Gasteiger charge is -2.25. The number of nitrogens with one attached hydrogen (secondary N) is 1. The van der Waals surface area contributed by atoms with Gasteiger partial charge in [0.05, 0.1) is 6.10 Å². The van der Waals surface area contributed by atoms with Gasteiger partial charge in [-0.3, -0.25) is 9.69 Å². The average molecular weight is 356 g/mol. The van der Waals surface area contributed by atoms with Crippen LogP contribution >= 0.6 is 0 Å². The van der Waals surface area contributed by atoms with Crippen LogP contribution in [0.2, 0.25) is 0 Å². The van der Waals surface area contributed by atoms with Crippen molar-refractivity contribution in [2.24, 2.45) is 0 Å². The minimum absolute atomic E-state index is 0.0749. The summed E-state index contributed by atoms with van der Waals surface area (Å²) in [6.45, 7) is 4.70. The second kappa shape index (κ2) is 8.92. The maximum atomic E-state index is 13.2. The molecule has 1 saturated heterocycles. The Kier molecular flexibility index (Phi) is 6.36. The van der Waals surface area contributed by atoms with Crippen LogP contribution in [0.3, 0.4) is 0 Å². The fraction of sp³-hybridized carbons (Fsp3) is 0.381. The van der Waals surface area contributed by atoms with Crippen molar-refractivity contribution in [3.8, 4) is 0 Å². The van der Waals surface area contributed by atoms with Gasteiger partial charge in [-0.1, -0.05) is 24.3 Å². The number of nitrogens with zero attached hydrogens (tertiary/aromatic N) is 1. The van der Waals surface area contributed by atoms with Gasteiger partial charge in [-0.25, -0.2) is 4.39 Å². The highest BCUT2D eigenvalue weighted by molar-refractivity contribution is 5.88. The summed E-state index contributed by atoms with van der Waals surface area (Å²) in [6.07, 6.45) is 2.45. The molecule has 1 N–H and O–H groups in total. The lowest BCUT2D eigenvalue weighted by atomic mass is 10.1. The molecule has 0 saturated carbocycles. The summed E-state index contributed by atoms with van der Waals surface area (Å²) in [4.78, 5) is 13.5. The van der Waals surface area contributed by atoms with Gasteiger partial charge in [-0.15, -0.1) is 0 Å². The molecule has 1 atom stereocenters. The number of hydrogen-bond acceptors (Lipinski definition) is 3. The quantitative estimate of drug-likeness (QED) is 0.816. The van der Waals surface area contributed by atoms with Crippen molar-refractivity contribution < 1.29 is 13.9 Å². The second-order valence-electron chi connectivity index (χ2n) is 6.81. The Hall–Kier alpha value is -2.24. The van der Waals surface area contributed by atoms with Gasteiger partial charge >= 0.3 is 0 Å². The number of halogens is 1. The molecule has 0 radical (unpaired) electrons. The number of ether oxygens (including phenoxy) is 1. The molecule has 26 heavy (non-hydrogen) atoms. The van der Waals surface area contributed by atoms with Gasteiger partial charge in [0.25, 0.3) is 0 Å². The number of amides is 1. The SMILES string of the molecule is CC(=O)Nc1ccc(CN(Cc2ccc(F)cc2)C[C@H]2CCCO2)cc1. The summed E-state index contributed by atoms with van der Waals surface area (Å²) in [7, 11) is 0. The van der Waals surface area contributed by atoms with E-state index < -0.39 is 0 Å². The Bertz CT molecular complexity index is 710. The van der Waals surface area contributed by atoms with Gasteiger partial charge in [0, 0.05) is 38.9 Å². The van der Waals surface area contributed by atoms with Gasteiger partial charge in [0.15, 0.2) is 0 Å². The summed E-state index contributed by atoms with van der Waals surface area (Å²) < 4.78 is 19.0. The third-order valence-electron chi connectivity index (χ3n) is 4.49. The average Bonchev–Trinajstić information content (AvgIpc) is 3.11.